The van der Waals surface area contributed by atoms with Gasteiger partial charge >= 0.3 is 11.9 Å². The number of carbonyl (C=O) groups is 2. The van der Waals surface area contributed by atoms with Crippen molar-refractivity contribution in [2.24, 2.45) is 0 Å². The van der Waals surface area contributed by atoms with Crippen LogP contribution >= 0.6 is 0 Å². The molecule has 2 heterocycles. The number of carbonyl (C=O) groups excluding carboxylic acids is 2. The summed E-state index contributed by atoms with van der Waals surface area (Å²) >= 11 is 0. The molecule has 188 valence electrons. The minimum absolute atomic E-state index is 0.0264. The lowest BCUT2D eigenvalue weighted by molar-refractivity contribution is -0.465. The Morgan fingerprint density at radius 3 is 2.28 bits per heavy atom. The first-order valence-corrected chi connectivity index (χ1v) is 11.9. The molecule has 8 heteroatoms. The largest absolute Gasteiger partial charge is 0.466 e. The zero-order chi connectivity index (χ0) is 25.9. The van der Waals surface area contributed by atoms with Gasteiger partial charge in [-0.25, -0.2) is 9.59 Å². The van der Waals surface area contributed by atoms with Gasteiger partial charge in [0.1, 0.15) is 16.8 Å². The predicted molar refractivity (Wildman–Crippen MR) is 136 cm³/mol. The number of hydrogen-bond donors (Lipinski definition) is 1. The second kappa shape index (κ2) is 10.2. The number of amides is 1. The van der Waals surface area contributed by atoms with E-state index in [0.717, 1.165) is 11.3 Å². The highest BCUT2D eigenvalue weighted by Gasteiger charge is 2.65. The Labute approximate surface area is 211 Å². The summed E-state index contributed by atoms with van der Waals surface area (Å²) in [7, 11) is 4.90. The van der Waals surface area contributed by atoms with Crippen LogP contribution in [0, 0.1) is 4.91 Å². The molecule has 1 N–H and O–H groups in total. The van der Waals surface area contributed by atoms with E-state index in [1.165, 1.54) is 7.11 Å². The molecule has 0 aromatic heterocycles. The van der Waals surface area contributed by atoms with E-state index in [1.807, 2.05) is 85.7 Å². The number of nitroso groups, excluding NO2 is 1. The molecule has 0 aliphatic carbocycles. The van der Waals surface area contributed by atoms with Gasteiger partial charge in [-0.1, -0.05) is 48.5 Å². The number of esters is 1. The Morgan fingerprint density at radius 1 is 1.03 bits per heavy atom. The Morgan fingerprint density at radius 2 is 1.67 bits per heavy atom. The molecule has 2 aromatic carbocycles. The number of hydrogen-bond acceptors (Lipinski definition) is 7. The quantitative estimate of drug-likeness (QED) is 0.311. The third-order valence-corrected chi connectivity index (χ3v) is 6.66. The summed E-state index contributed by atoms with van der Waals surface area (Å²) in [4.78, 5) is 41.4. The minimum Gasteiger partial charge on any atom is -0.466 e. The highest BCUT2D eigenvalue weighted by Crippen LogP contribution is 2.53. The van der Waals surface area contributed by atoms with E-state index in [0.29, 0.717) is 17.7 Å². The molecular weight excluding hydrogens is 458 g/mol. The van der Waals surface area contributed by atoms with Crippen LogP contribution in [0.2, 0.25) is 0 Å². The predicted octanol–water partition coefficient (Wildman–Crippen LogP) is 3.14. The van der Waals surface area contributed by atoms with Crippen LogP contribution < -0.4 is 5.32 Å². The van der Waals surface area contributed by atoms with Crippen molar-refractivity contribution >= 4 is 17.6 Å². The molecule has 3 unspecified atom stereocenters. The van der Waals surface area contributed by atoms with Gasteiger partial charge in [0.25, 0.3) is 0 Å². The average molecular weight is 491 g/mol. The first-order valence-electron chi connectivity index (χ1n) is 11.9. The van der Waals surface area contributed by atoms with Crippen LogP contribution in [0.15, 0.2) is 84.0 Å². The van der Waals surface area contributed by atoms with Gasteiger partial charge in [-0.3, -0.25) is 0 Å². The third-order valence-electron chi connectivity index (χ3n) is 6.66. The molecule has 2 aromatic rings. The maximum atomic E-state index is 13.5. The zero-order valence-electron chi connectivity index (χ0n) is 21.1. The van der Waals surface area contributed by atoms with E-state index in [4.69, 9.17) is 9.47 Å². The number of nitrogens with one attached hydrogen (secondary N) is 1. The van der Waals surface area contributed by atoms with Crippen molar-refractivity contribution in [3.05, 3.63) is 94.4 Å². The summed E-state index contributed by atoms with van der Waals surface area (Å²) in [5, 5.41) is 3.51. The van der Waals surface area contributed by atoms with E-state index >= 15 is 0 Å². The lowest BCUT2D eigenvalue weighted by atomic mass is 9.76. The van der Waals surface area contributed by atoms with E-state index in [2.05, 4.69) is 5.32 Å². The van der Waals surface area contributed by atoms with E-state index in [-0.39, 0.29) is 17.7 Å². The number of methoxy groups -OCH3 is 1. The molecule has 4 rings (SSSR count). The molecule has 3 atom stereocenters. The number of para-hydroxylation sites is 1. The van der Waals surface area contributed by atoms with Crippen LogP contribution in [-0.2, 0) is 25.5 Å². The van der Waals surface area contributed by atoms with E-state index in [9.17, 15) is 14.5 Å². The monoisotopic (exact) mass is 490 g/mol. The molecule has 2 aliphatic heterocycles. The second-order valence-corrected chi connectivity index (χ2v) is 9.54. The molecule has 8 nitrogen and oxygen atoms in total. The summed E-state index contributed by atoms with van der Waals surface area (Å²) in [5.74, 6) is -1.48. The van der Waals surface area contributed by atoms with Gasteiger partial charge in [-0.15, -0.1) is 0 Å². The summed E-state index contributed by atoms with van der Waals surface area (Å²) in [6.45, 7) is 2.06. The number of fused-ring (bicyclic) bond motifs is 2. The second-order valence-electron chi connectivity index (χ2n) is 9.54. The Kier molecular flexibility index (Phi) is 7.19. The molecule has 0 saturated heterocycles. The summed E-state index contributed by atoms with van der Waals surface area (Å²) < 4.78 is 12.1. The van der Waals surface area contributed by atoms with Gasteiger partial charge in [-0.2, -0.15) is 0 Å². The maximum Gasteiger partial charge on any atom is 0.465 e. The number of benzene rings is 2. The van der Waals surface area contributed by atoms with E-state index < -0.39 is 29.1 Å². The SMILES string of the molecule is COC(=O)C1=C(C(=O)[N+](=O)CCN(C)C)C2(C)C=CC1(C(Cc1ccccc1)Nc1ccccc1)O2. The Hall–Kier alpha value is -3.62. The topological polar surface area (TPSA) is 88.0 Å². The number of rotatable bonds is 10. The molecule has 36 heavy (non-hydrogen) atoms. The summed E-state index contributed by atoms with van der Waals surface area (Å²) in [6.07, 6.45) is 4.06. The van der Waals surface area contributed by atoms with E-state index in [1.54, 1.807) is 13.0 Å². The van der Waals surface area contributed by atoms with Gasteiger partial charge in [0, 0.05) is 10.6 Å². The van der Waals surface area contributed by atoms with Gasteiger partial charge < -0.3 is 19.7 Å². The van der Waals surface area contributed by atoms with Crippen LogP contribution in [0.4, 0.5) is 5.69 Å². The molecule has 2 bridgehead atoms. The van der Waals surface area contributed by atoms with Crippen molar-refractivity contribution < 1.29 is 23.8 Å². The van der Waals surface area contributed by atoms with Crippen molar-refractivity contribution in [1.29, 1.82) is 0 Å². The van der Waals surface area contributed by atoms with Crippen molar-refractivity contribution in [1.82, 2.24) is 4.90 Å². The van der Waals surface area contributed by atoms with Gasteiger partial charge in [0.2, 0.25) is 6.54 Å². The van der Waals surface area contributed by atoms with Crippen LogP contribution in [0.3, 0.4) is 0 Å². The van der Waals surface area contributed by atoms with Crippen molar-refractivity contribution in [2.45, 2.75) is 30.6 Å². The molecule has 0 spiro atoms. The number of ether oxygens (including phenoxy) is 2. The summed E-state index contributed by atoms with van der Waals surface area (Å²) in [5.41, 5.74) is -0.617. The fraction of sp³-hybridized carbons (Fsp3) is 0.357. The van der Waals surface area contributed by atoms with Crippen LogP contribution in [-0.4, -0.2) is 73.1 Å². The highest BCUT2D eigenvalue weighted by molar-refractivity contribution is 6.05. The highest BCUT2D eigenvalue weighted by atomic mass is 16.6. The molecule has 1 amide bonds. The number of likely N-dealkylation sites (N-methyl/N-ethyl adjacent to an activating group) is 1. The van der Waals surface area contributed by atoms with Gasteiger partial charge in [0.05, 0.1) is 30.0 Å². The lowest BCUT2D eigenvalue weighted by Gasteiger charge is -2.36. The van der Waals surface area contributed by atoms with Crippen molar-refractivity contribution in [3.8, 4) is 0 Å². The first-order chi connectivity index (χ1) is 17.2. The summed E-state index contributed by atoms with van der Waals surface area (Å²) in [6, 6.07) is 18.9. The molecule has 2 aliphatic rings. The van der Waals surface area contributed by atoms with Gasteiger partial charge in [0.15, 0.2) is 0 Å². The molecular formula is C28H32N3O5+. The van der Waals surface area contributed by atoms with Gasteiger partial charge in [-0.05, 0) is 57.3 Å². The number of nitrogens with zero attached hydrogens (tertiary/aromatic N) is 2. The normalized spacial score (nSPS) is 23.1. The van der Waals surface area contributed by atoms with Crippen molar-refractivity contribution in [3.63, 3.8) is 0 Å². The van der Waals surface area contributed by atoms with Crippen molar-refractivity contribution in [2.75, 3.05) is 39.6 Å². The standard InChI is InChI=1S/C28H32N3O5/c1-27-15-16-28(36-27,24(26(33)35-4)23(27)25(32)31(34)18-17-30(2)3)22(19-20-11-7-5-8-12-20)29-21-13-9-6-10-14-21/h5-16,22,29H,17-19H2,1-4H3/q+1. The fourth-order valence-electron chi connectivity index (χ4n) is 4.87. The molecule has 0 radical (unpaired) electrons. The minimum atomic E-state index is -1.32. The Balaban J connectivity index is 1.82. The van der Waals surface area contributed by atoms with Crippen LogP contribution in [0.25, 0.3) is 0 Å². The average Bonchev–Trinajstić information content (AvgIpc) is 3.37. The van der Waals surface area contributed by atoms with Crippen LogP contribution in [0.5, 0.6) is 0 Å². The maximum absolute atomic E-state index is 13.5. The fourth-order valence-corrected chi connectivity index (χ4v) is 4.87. The first kappa shape index (κ1) is 25.5. The third kappa shape index (κ3) is 4.74. The molecule has 0 fully saturated rings. The van der Waals surface area contributed by atoms with Crippen LogP contribution in [0.1, 0.15) is 12.5 Å². The number of anilines is 1. The Bertz CT molecular complexity index is 1170. The zero-order valence-corrected chi connectivity index (χ0v) is 21.1. The smallest absolute Gasteiger partial charge is 0.465 e. The molecule has 0 saturated carbocycles. The lowest BCUT2D eigenvalue weighted by Crippen LogP contribution is -2.50.